The highest BCUT2D eigenvalue weighted by atomic mass is 35.5. The lowest BCUT2D eigenvalue weighted by atomic mass is 9.80. The Labute approximate surface area is 213 Å². The number of carbonyl (C=O) groups is 1. The quantitative estimate of drug-likeness (QED) is 0.400. The first kappa shape index (κ1) is 28.3. The molecule has 0 aliphatic carbocycles. The minimum absolute atomic E-state index is 0. The lowest BCUT2D eigenvalue weighted by Crippen LogP contribution is -2.56. The molecule has 35 heavy (non-hydrogen) atoms. The number of hydrazine groups is 1. The summed E-state index contributed by atoms with van der Waals surface area (Å²) in [4.78, 5) is 16.8. The molecule has 0 aliphatic heterocycles. The van der Waals surface area contributed by atoms with E-state index in [1.807, 2.05) is 72.8 Å². The molecule has 0 radical (unpaired) electrons. The molecule has 0 saturated carbocycles. The van der Waals surface area contributed by atoms with Crippen molar-refractivity contribution >= 4 is 18.5 Å². The predicted molar refractivity (Wildman–Crippen MR) is 141 cm³/mol. The lowest BCUT2D eigenvalue weighted by Gasteiger charge is -2.39. The number of nitrogens with one attached hydrogen (secondary N) is 1. The molecule has 3 rings (SSSR count). The molecule has 0 saturated heterocycles. The molecule has 4 N–H and O–H groups in total. The van der Waals surface area contributed by atoms with E-state index in [1.165, 1.54) is 5.01 Å². The van der Waals surface area contributed by atoms with Gasteiger partial charge in [0.2, 0.25) is 0 Å². The molecule has 8 heteroatoms. The summed E-state index contributed by atoms with van der Waals surface area (Å²) >= 11 is 0. The molecule has 0 bridgehead atoms. The number of hydrogen-bond donors (Lipinski definition) is 3. The minimum atomic E-state index is -1.52. The van der Waals surface area contributed by atoms with Gasteiger partial charge in [-0.15, -0.1) is 12.4 Å². The third-order valence-electron chi connectivity index (χ3n) is 5.41. The average Bonchev–Trinajstić information content (AvgIpc) is 2.78. The second kappa shape index (κ2) is 12.1. The molecule has 2 unspecified atom stereocenters. The van der Waals surface area contributed by atoms with Gasteiger partial charge in [-0.25, -0.2) is 9.80 Å². The van der Waals surface area contributed by atoms with Crippen molar-refractivity contribution in [3.8, 4) is 11.3 Å². The first-order valence-electron chi connectivity index (χ1n) is 11.3. The number of amides is 1. The number of nitrogens with zero attached hydrogens (tertiary/aromatic N) is 2. The van der Waals surface area contributed by atoms with Crippen molar-refractivity contribution in [2.45, 2.75) is 44.4 Å². The predicted octanol–water partition coefficient (Wildman–Crippen LogP) is 4.30. The van der Waals surface area contributed by atoms with E-state index >= 15 is 0 Å². The van der Waals surface area contributed by atoms with Crippen molar-refractivity contribution in [2.75, 3.05) is 13.6 Å². The first-order valence-corrected chi connectivity index (χ1v) is 11.3. The van der Waals surface area contributed by atoms with Crippen molar-refractivity contribution in [2.24, 2.45) is 5.73 Å². The number of nitrogens with two attached hydrogens (primary N) is 1. The topological polar surface area (TPSA) is 101 Å². The van der Waals surface area contributed by atoms with Crippen LogP contribution in [-0.2, 0) is 16.8 Å². The van der Waals surface area contributed by atoms with Gasteiger partial charge in [-0.2, -0.15) is 0 Å². The Balaban J connectivity index is 0.00000432. The van der Waals surface area contributed by atoms with Crippen LogP contribution in [0, 0.1) is 0 Å². The van der Waals surface area contributed by atoms with Crippen LogP contribution < -0.4 is 11.2 Å². The van der Waals surface area contributed by atoms with Gasteiger partial charge in [0.05, 0.1) is 12.2 Å². The van der Waals surface area contributed by atoms with E-state index in [0.717, 1.165) is 16.8 Å². The van der Waals surface area contributed by atoms with Crippen molar-refractivity contribution in [3.63, 3.8) is 0 Å². The third-order valence-corrected chi connectivity index (χ3v) is 5.41. The fourth-order valence-electron chi connectivity index (χ4n) is 3.90. The van der Waals surface area contributed by atoms with Crippen LogP contribution in [0.3, 0.4) is 0 Å². The SMILES string of the molecule is CN(CC(O)(c1ccccc1-c1ccccn1)C(N)Cc1ccccc1)NC(=O)OC(C)(C)C.Cl. The van der Waals surface area contributed by atoms with Crippen LogP contribution in [0.5, 0.6) is 0 Å². The molecule has 0 aliphatic rings. The number of pyridine rings is 1. The largest absolute Gasteiger partial charge is 0.443 e. The Hall–Kier alpha value is -2.97. The number of likely N-dealkylation sites (N-methyl/N-ethyl adjacent to an activating group) is 1. The summed E-state index contributed by atoms with van der Waals surface area (Å²) in [6.45, 7) is 5.41. The number of benzene rings is 2. The molecular weight excluding hydrogens is 464 g/mol. The number of aromatic nitrogens is 1. The van der Waals surface area contributed by atoms with Crippen LogP contribution in [0.4, 0.5) is 4.79 Å². The number of halogens is 1. The summed E-state index contributed by atoms with van der Waals surface area (Å²) in [7, 11) is 1.67. The highest BCUT2D eigenvalue weighted by Crippen LogP contribution is 2.34. The maximum atomic E-state index is 12.3. The molecule has 1 aromatic heterocycles. The van der Waals surface area contributed by atoms with Crippen LogP contribution in [0.1, 0.15) is 31.9 Å². The molecule has 7 nitrogen and oxygen atoms in total. The summed E-state index contributed by atoms with van der Waals surface area (Å²) in [6.07, 6.45) is 1.55. The lowest BCUT2D eigenvalue weighted by molar-refractivity contribution is -0.0325. The summed E-state index contributed by atoms with van der Waals surface area (Å²) in [5.41, 5.74) is 10.4. The fourth-order valence-corrected chi connectivity index (χ4v) is 3.90. The average molecular weight is 499 g/mol. The van der Waals surface area contributed by atoms with E-state index in [2.05, 4.69) is 10.4 Å². The summed E-state index contributed by atoms with van der Waals surface area (Å²) in [5, 5.41) is 13.7. The number of rotatable bonds is 8. The molecule has 0 fully saturated rings. The molecule has 1 amide bonds. The maximum absolute atomic E-state index is 12.3. The van der Waals surface area contributed by atoms with Crippen LogP contribution in [0.25, 0.3) is 11.3 Å². The van der Waals surface area contributed by atoms with Gasteiger partial charge in [0.1, 0.15) is 11.2 Å². The zero-order valence-corrected chi connectivity index (χ0v) is 21.5. The van der Waals surface area contributed by atoms with E-state index in [9.17, 15) is 9.90 Å². The van der Waals surface area contributed by atoms with E-state index in [4.69, 9.17) is 10.5 Å². The monoisotopic (exact) mass is 498 g/mol. The van der Waals surface area contributed by atoms with Crippen LogP contribution in [0.15, 0.2) is 79.0 Å². The van der Waals surface area contributed by atoms with E-state index in [1.54, 1.807) is 34.0 Å². The molecule has 2 aromatic carbocycles. The number of ether oxygens (including phenoxy) is 1. The Morgan fingerprint density at radius 3 is 2.31 bits per heavy atom. The normalized spacial score (nSPS) is 13.9. The van der Waals surface area contributed by atoms with Gasteiger partial charge < -0.3 is 15.6 Å². The van der Waals surface area contributed by atoms with Gasteiger partial charge in [0.25, 0.3) is 0 Å². The summed E-state index contributed by atoms with van der Waals surface area (Å²) < 4.78 is 5.36. The van der Waals surface area contributed by atoms with Gasteiger partial charge in [-0.3, -0.25) is 10.4 Å². The second-order valence-corrected chi connectivity index (χ2v) is 9.45. The smallest absolute Gasteiger partial charge is 0.422 e. The number of aliphatic hydroxyl groups is 1. The van der Waals surface area contributed by atoms with E-state index in [-0.39, 0.29) is 19.0 Å². The van der Waals surface area contributed by atoms with Gasteiger partial charge in [-0.05, 0) is 50.5 Å². The Morgan fingerprint density at radius 2 is 1.69 bits per heavy atom. The highest BCUT2D eigenvalue weighted by Gasteiger charge is 2.40. The molecule has 188 valence electrons. The van der Waals surface area contributed by atoms with Gasteiger partial charge in [0, 0.05) is 24.8 Å². The van der Waals surface area contributed by atoms with Gasteiger partial charge in [0.15, 0.2) is 0 Å². The minimum Gasteiger partial charge on any atom is -0.443 e. The Morgan fingerprint density at radius 1 is 1.06 bits per heavy atom. The Bertz CT molecular complexity index is 1080. The van der Waals surface area contributed by atoms with E-state index < -0.39 is 23.3 Å². The number of hydrogen-bond acceptors (Lipinski definition) is 6. The standard InChI is InChI=1S/C27H34N4O3.ClH/c1-26(2,3)34-25(32)30-31(4)19-27(33,24(28)18-20-12-6-5-7-13-20)22-15-9-8-14-21(22)23-16-10-11-17-29-23;/h5-17,24,33H,18-19,28H2,1-4H3,(H,30,32);1H. The molecule has 2 atom stereocenters. The van der Waals surface area contributed by atoms with Gasteiger partial charge >= 0.3 is 6.09 Å². The van der Waals surface area contributed by atoms with Crippen LogP contribution in [-0.4, -0.2) is 46.4 Å². The first-order chi connectivity index (χ1) is 16.1. The van der Waals surface area contributed by atoms with E-state index in [0.29, 0.717) is 12.0 Å². The molecular formula is C27H35ClN4O3. The third kappa shape index (κ3) is 7.77. The van der Waals surface area contributed by atoms with Crippen molar-refractivity contribution in [1.29, 1.82) is 0 Å². The maximum Gasteiger partial charge on any atom is 0.422 e. The zero-order valence-electron chi connectivity index (χ0n) is 20.6. The van der Waals surface area contributed by atoms with Crippen molar-refractivity contribution in [1.82, 2.24) is 15.4 Å². The second-order valence-electron chi connectivity index (χ2n) is 9.45. The van der Waals surface area contributed by atoms with Crippen molar-refractivity contribution < 1.29 is 14.6 Å². The molecule has 0 spiro atoms. The molecule has 3 aromatic rings. The summed E-state index contributed by atoms with van der Waals surface area (Å²) in [5.74, 6) is 0. The Kier molecular flexibility index (Phi) is 9.80. The zero-order chi connectivity index (χ0) is 24.8. The van der Waals surface area contributed by atoms with Crippen LogP contribution in [0.2, 0.25) is 0 Å². The summed E-state index contributed by atoms with van der Waals surface area (Å²) in [6, 6.07) is 22.3. The molecule has 1 heterocycles. The van der Waals surface area contributed by atoms with Crippen molar-refractivity contribution in [3.05, 3.63) is 90.1 Å². The van der Waals surface area contributed by atoms with Gasteiger partial charge in [-0.1, -0.05) is 60.7 Å². The number of carbonyl (C=O) groups excluding carboxylic acids is 1. The highest BCUT2D eigenvalue weighted by molar-refractivity contribution is 5.85. The van der Waals surface area contributed by atoms with Crippen LogP contribution >= 0.6 is 12.4 Å². The fraction of sp³-hybridized carbons (Fsp3) is 0.333.